The van der Waals surface area contributed by atoms with Crippen LogP contribution in [0.15, 0.2) is 30.5 Å². The van der Waals surface area contributed by atoms with Gasteiger partial charge in [-0.2, -0.15) is 0 Å². The number of nitrogens with zero attached hydrogens (tertiary/aromatic N) is 4. The monoisotopic (exact) mass is 394 g/mol. The fourth-order valence-electron chi connectivity index (χ4n) is 4.28. The van der Waals surface area contributed by atoms with Gasteiger partial charge in [-0.15, -0.1) is 0 Å². The SMILES string of the molecule is CC(C)c1ccccc1OCC(=O)N1CCC[C@H]1c1ncc2c(n1)CCN(C)C2. The molecule has 1 aromatic heterocycles. The van der Waals surface area contributed by atoms with E-state index in [1.807, 2.05) is 29.3 Å². The van der Waals surface area contributed by atoms with E-state index < -0.39 is 0 Å². The highest BCUT2D eigenvalue weighted by atomic mass is 16.5. The number of likely N-dealkylation sites (tertiary alicyclic amines) is 1. The maximum absolute atomic E-state index is 13.0. The summed E-state index contributed by atoms with van der Waals surface area (Å²) in [5, 5.41) is 0. The van der Waals surface area contributed by atoms with Crippen molar-refractivity contribution in [3.8, 4) is 5.75 Å². The van der Waals surface area contributed by atoms with Gasteiger partial charge in [0.15, 0.2) is 12.4 Å². The molecule has 1 aromatic carbocycles. The first-order chi connectivity index (χ1) is 14.0. The molecule has 0 spiro atoms. The van der Waals surface area contributed by atoms with Crippen molar-refractivity contribution >= 4 is 5.91 Å². The van der Waals surface area contributed by atoms with Crippen LogP contribution in [0.1, 0.15) is 61.3 Å². The van der Waals surface area contributed by atoms with Crippen LogP contribution in [0, 0.1) is 0 Å². The van der Waals surface area contributed by atoms with Gasteiger partial charge in [-0.1, -0.05) is 32.0 Å². The molecule has 29 heavy (non-hydrogen) atoms. The van der Waals surface area contributed by atoms with Crippen molar-refractivity contribution < 1.29 is 9.53 Å². The van der Waals surface area contributed by atoms with E-state index in [-0.39, 0.29) is 18.6 Å². The zero-order valence-electron chi connectivity index (χ0n) is 17.6. The van der Waals surface area contributed by atoms with Crippen molar-refractivity contribution in [3.05, 3.63) is 53.1 Å². The number of carbonyl (C=O) groups is 1. The largest absolute Gasteiger partial charge is 0.483 e. The molecule has 0 N–H and O–H groups in total. The molecule has 3 heterocycles. The van der Waals surface area contributed by atoms with E-state index in [1.54, 1.807) is 0 Å². The topological polar surface area (TPSA) is 58.6 Å². The van der Waals surface area contributed by atoms with Gasteiger partial charge >= 0.3 is 0 Å². The molecule has 0 aliphatic carbocycles. The summed E-state index contributed by atoms with van der Waals surface area (Å²) >= 11 is 0. The van der Waals surface area contributed by atoms with E-state index >= 15 is 0 Å². The summed E-state index contributed by atoms with van der Waals surface area (Å²) in [6.07, 6.45) is 4.77. The standard InChI is InChI=1S/C23H30N4O2/c1-16(2)18-7-4-5-9-21(18)29-15-22(28)27-11-6-8-20(27)23-24-13-17-14-26(3)12-10-19(17)25-23/h4-5,7,9,13,16,20H,6,8,10-12,14-15H2,1-3H3/t20-/m0/s1. The second-order valence-electron chi connectivity index (χ2n) is 8.41. The Morgan fingerprint density at radius 1 is 1.28 bits per heavy atom. The molecule has 2 aliphatic rings. The number of aromatic nitrogens is 2. The first-order valence-corrected chi connectivity index (χ1v) is 10.6. The molecule has 0 unspecified atom stereocenters. The van der Waals surface area contributed by atoms with E-state index in [4.69, 9.17) is 9.72 Å². The smallest absolute Gasteiger partial charge is 0.261 e. The van der Waals surface area contributed by atoms with E-state index in [0.717, 1.165) is 61.7 Å². The molecule has 6 heteroatoms. The third-order valence-corrected chi connectivity index (χ3v) is 5.91. The Labute approximate surface area is 172 Å². The highest BCUT2D eigenvalue weighted by Crippen LogP contribution is 2.31. The normalized spacial score (nSPS) is 19.4. The van der Waals surface area contributed by atoms with Crippen molar-refractivity contribution in [2.24, 2.45) is 0 Å². The minimum absolute atomic E-state index is 0.00659. The lowest BCUT2D eigenvalue weighted by Crippen LogP contribution is -2.35. The van der Waals surface area contributed by atoms with Crippen LogP contribution < -0.4 is 4.74 Å². The number of hydrogen-bond donors (Lipinski definition) is 0. The number of fused-ring (bicyclic) bond motifs is 1. The summed E-state index contributed by atoms with van der Waals surface area (Å²) in [6, 6.07) is 7.90. The number of benzene rings is 1. The van der Waals surface area contributed by atoms with E-state index in [0.29, 0.717) is 5.92 Å². The predicted octanol–water partition coefficient (Wildman–Crippen LogP) is 3.33. The number of para-hydroxylation sites is 1. The molecule has 154 valence electrons. The summed E-state index contributed by atoms with van der Waals surface area (Å²) in [7, 11) is 2.12. The summed E-state index contributed by atoms with van der Waals surface area (Å²) in [6.45, 7) is 6.96. The predicted molar refractivity (Wildman–Crippen MR) is 112 cm³/mol. The fourth-order valence-corrected chi connectivity index (χ4v) is 4.28. The number of hydrogen-bond acceptors (Lipinski definition) is 5. The molecule has 4 rings (SSSR count). The molecule has 1 amide bonds. The zero-order valence-corrected chi connectivity index (χ0v) is 17.6. The Morgan fingerprint density at radius 3 is 2.93 bits per heavy atom. The minimum atomic E-state index is -0.0450. The van der Waals surface area contributed by atoms with Gasteiger partial charge in [0.2, 0.25) is 0 Å². The van der Waals surface area contributed by atoms with E-state index in [1.165, 1.54) is 5.56 Å². The summed E-state index contributed by atoms with van der Waals surface area (Å²) in [5.41, 5.74) is 3.46. The average molecular weight is 395 g/mol. The first kappa shape index (κ1) is 19.8. The molecule has 0 bridgehead atoms. The molecule has 2 aliphatic heterocycles. The van der Waals surface area contributed by atoms with Gasteiger partial charge in [0, 0.05) is 43.5 Å². The van der Waals surface area contributed by atoms with Crippen molar-refractivity contribution in [3.63, 3.8) is 0 Å². The second-order valence-corrected chi connectivity index (χ2v) is 8.41. The van der Waals surface area contributed by atoms with Crippen molar-refractivity contribution in [1.82, 2.24) is 19.8 Å². The summed E-state index contributed by atoms with van der Waals surface area (Å²) in [5.74, 6) is 1.93. The van der Waals surface area contributed by atoms with Gasteiger partial charge in [-0.05, 0) is 37.4 Å². The van der Waals surface area contributed by atoms with Crippen LogP contribution in [0.2, 0.25) is 0 Å². The fraction of sp³-hybridized carbons (Fsp3) is 0.522. The lowest BCUT2D eigenvalue weighted by Gasteiger charge is -2.27. The van der Waals surface area contributed by atoms with E-state index in [9.17, 15) is 4.79 Å². The Kier molecular flexibility index (Phi) is 5.81. The Hall–Kier alpha value is -2.47. The van der Waals surface area contributed by atoms with Crippen LogP contribution in [0.5, 0.6) is 5.75 Å². The maximum atomic E-state index is 13.0. The molecule has 0 radical (unpaired) electrons. The van der Waals surface area contributed by atoms with Gasteiger partial charge in [0.05, 0.1) is 6.04 Å². The molecule has 2 aromatic rings. The van der Waals surface area contributed by atoms with Gasteiger partial charge in [-0.25, -0.2) is 9.97 Å². The lowest BCUT2D eigenvalue weighted by atomic mass is 10.0. The van der Waals surface area contributed by atoms with Crippen molar-refractivity contribution in [1.29, 1.82) is 0 Å². The lowest BCUT2D eigenvalue weighted by molar-refractivity contribution is -0.134. The highest BCUT2D eigenvalue weighted by molar-refractivity contribution is 5.78. The number of amides is 1. The van der Waals surface area contributed by atoms with Crippen LogP contribution in [0.4, 0.5) is 0 Å². The van der Waals surface area contributed by atoms with Gasteiger partial charge in [0.25, 0.3) is 5.91 Å². The van der Waals surface area contributed by atoms with Crippen molar-refractivity contribution in [2.75, 3.05) is 26.7 Å². The number of rotatable bonds is 5. The zero-order chi connectivity index (χ0) is 20.4. The molecular formula is C23H30N4O2. The van der Waals surface area contributed by atoms with Crippen LogP contribution in [-0.4, -0.2) is 52.4 Å². The number of ether oxygens (including phenoxy) is 1. The second kappa shape index (κ2) is 8.49. The van der Waals surface area contributed by atoms with Crippen LogP contribution in [-0.2, 0) is 17.8 Å². The third kappa shape index (κ3) is 4.27. The van der Waals surface area contributed by atoms with E-state index in [2.05, 4.69) is 36.8 Å². The average Bonchev–Trinajstić information content (AvgIpc) is 3.21. The number of likely N-dealkylation sites (N-methyl/N-ethyl adjacent to an activating group) is 1. The Balaban J connectivity index is 1.45. The van der Waals surface area contributed by atoms with Crippen molar-refractivity contribution in [2.45, 2.75) is 51.6 Å². The minimum Gasteiger partial charge on any atom is -0.483 e. The molecule has 1 fully saturated rings. The van der Waals surface area contributed by atoms with Gasteiger partial charge < -0.3 is 14.5 Å². The van der Waals surface area contributed by atoms with Gasteiger partial charge in [-0.3, -0.25) is 4.79 Å². The molecular weight excluding hydrogens is 364 g/mol. The summed E-state index contributed by atoms with van der Waals surface area (Å²) < 4.78 is 5.92. The van der Waals surface area contributed by atoms with Crippen LogP contribution >= 0.6 is 0 Å². The van der Waals surface area contributed by atoms with Crippen LogP contribution in [0.25, 0.3) is 0 Å². The highest BCUT2D eigenvalue weighted by Gasteiger charge is 2.33. The molecule has 1 atom stereocenters. The Morgan fingerprint density at radius 2 is 2.10 bits per heavy atom. The quantitative estimate of drug-likeness (QED) is 0.779. The number of carbonyl (C=O) groups excluding carboxylic acids is 1. The first-order valence-electron chi connectivity index (χ1n) is 10.6. The van der Waals surface area contributed by atoms with Crippen LogP contribution in [0.3, 0.4) is 0 Å². The molecule has 1 saturated heterocycles. The molecule has 0 saturated carbocycles. The maximum Gasteiger partial charge on any atom is 0.261 e. The van der Waals surface area contributed by atoms with Gasteiger partial charge in [0.1, 0.15) is 5.75 Å². The molecule has 6 nitrogen and oxygen atoms in total. The summed E-state index contributed by atoms with van der Waals surface area (Å²) in [4.78, 5) is 26.6. The third-order valence-electron chi connectivity index (χ3n) is 5.91. The Bertz CT molecular complexity index is 883.